The van der Waals surface area contributed by atoms with Gasteiger partial charge in [-0.15, -0.1) is 0 Å². The molecule has 2 aromatic rings. The van der Waals surface area contributed by atoms with E-state index in [0.717, 1.165) is 29.0 Å². The number of amides is 2. The molecule has 1 saturated heterocycles. The molecule has 1 fully saturated rings. The average molecular weight is 836 g/mol. The lowest BCUT2D eigenvalue weighted by Gasteiger charge is -2.30. The van der Waals surface area contributed by atoms with E-state index in [0.29, 0.717) is 5.75 Å². The van der Waals surface area contributed by atoms with Gasteiger partial charge in [-0.1, -0.05) is 31.7 Å². The van der Waals surface area contributed by atoms with E-state index in [2.05, 4.69) is 34.4 Å². The van der Waals surface area contributed by atoms with E-state index >= 15 is 0 Å². The third-order valence-electron chi connectivity index (χ3n) is 7.05. The lowest BCUT2D eigenvalue weighted by Crippen LogP contribution is -2.46. The van der Waals surface area contributed by atoms with Crippen molar-refractivity contribution < 1.29 is 80.5 Å². The highest BCUT2D eigenvalue weighted by molar-refractivity contribution is 8.14. The fourth-order valence-corrected chi connectivity index (χ4v) is 7.93. The SMILES string of the molecule is CC=CC(=O)SCCNC(=O)CCNC(=O)C(O)C(C)(C)COP(=O)(O)OP(=O)(O)OC[C@H]1O[C@@H](n2cnc3c(N)ncnc32)[C@H](O)[C@H]1OP(=O)(O)O. The van der Waals surface area contributed by atoms with Crippen LogP contribution < -0.4 is 16.4 Å². The second kappa shape index (κ2) is 18.8. The molecule has 0 bridgehead atoms. The molecule has 28 heteroatoms. The van der Waals surface area contributed by atoms with Gasteiger partial charge < -0.3 is 50.9 Å². The third kappa shape index (κ3) is 13.5. The van der Waals surface area contributed by atoms with Crippen LogP contribution in [0.5, 0.6) is 0 Å². The molecule has 10 N–H and O–H groups in total. The molecule has 3 unspecified atom stereocenters. The highest BCUT2D eigenvalue weighted by atomic mass is 32.2. The number of phosphoric acid groups is 3. The van der Waals surface area contributed by atoms with Gasteiger partial charge in [-0.2, -0.15) is 4.31 Å². The Morgan fingerprint density at radius 1 is 1.09 bits per heavy atom. The molecule has 0 spiro atoms. The standard InChI is InChI=1S/C25H40N7O17P3S/c1-4-5-16(34)53-9-8-27-15(33)6-7-28-23(37)20(36)25(2,3)11-46-52(43,44)49-51(41,42)45-10-14-19(48-50(38,39)40)18(35)24(47-14)32-13-31-17-21(26)29-12-30-22(17)32/h4-5,12-14,18-20,24,35-36H,6-11H2,1-3H3,(H,27,33)(H,28,37)(H,41,42)(H,43,44)(H2,26,29,30)(H2,38,39,40)/t14-,18-,19+,20?,24-/m1/s1. The molecule has 3 rings (SSSR count). The van der Waals surface area contributed by atoms with Crippen molar-refractivity contribution in [2.24, 2.45) is 5.41 Å². The highest BCUT2D eigenvalue weighted by Crippen LogP contribution is 2.61. The Labute approximate surface area is 305 Å². The summed E-state index contributed by atoms with van der Waals surface area (Å²) in [5.74, 6) is -1.13. The van der Waals surface area contributed by atoms with E-state index in [1.807, 2.05) is 0 Å². The lowest BCUT2D eigenvalue weighted by molar-refractivity contribution is -0.137. The van der Waals surface area contributed by atoms with Crippen molar-refractivity contribution in [3.8, 4) is 0 Å². The van der Waals surface area contributed by atoms with Crippen LogP contribution in [0, 0.1) is 5.41 Å². The number of rotatable bonds is 20. The molecule has 3 heterocycles. The number of carbonyl (C=O) groups is 3. The average Bonchev–Trinajstić information content (AvgIpc) is 3.61. The largest absolute Gasteiger partial charge is 0.481 e. The first kappa shape index (κ1) is 44.7. The molecular weight excluding hydrogens is 795 g/mol. The van der Waals surface area contributed by atoms with Gasteiger partial charge in [-0.05, 0) is 13.0 Å². The van der Waals surface area contributed by atoms with Gasteiger partial charge in [-0.3, -0.25) is 32.5 Å². The first-order valence-corrected chi connectivity index (χ1v) is 20.7. The van der Waals surface area contributed by atoms with Gasteiger partial charge in [0.1, 0.15) is 36.3 Å². The summed E-state index contributed by atoms with van der Waals surface area (Å²) >= 11 is 1.01. The number of allylic oxidation sites excluding steroid dienone is 1. The minimum atomic E-state index is -5.56. The Bertz CT molecular complexity index is 1790. The number of thioether (sulfide) groups is 1. The summed E-state index contributed by atoms with van der Waals surface area (Å²) in [6.07, 6.45) is -3.94. The van der Waals surface area contributed by atoms with Crippen LogP contribution in [-0.2, 0) is 50.7 Å². The van der Waals surface area contributed by atoms with E-state index < -0.39 is 84.6 Å². The van der Waals surface area contributed by atoms with Gasteiger partial charge in [0.05, 0.1) is 19.5 Å². The molecule has 53 heavy (non-hydrogen) atoms. The number of imidazole rings is 1. The van der Waals surface area contributed by atoms with Gasteiger partial charge in [-0.25, -0.2) is 28.6 Å². The van der Waals surface area contributed by atoms with E-state index in [4.69, 9.17) is 19.5 Å². The Hall–Kier alpha value is -2.70. The van der Waals surface area contributed by atoms with E-state index in [9.17, 15) is 57.9 Å². The first-order valence-electron chi connectivity index (χ1n) is 15.2. The van der Waals surface area contributed by atoms with Crippen LogP contribution in [0.2, 0.25) is 0 Å². The summed E-state index contributed by atoms with van der Waals surface area (Å²) in [5, 5.41) is 26.1. The molecular formula is C25H40N7O17P3S. The van der Waals surface area contributed by atoms with E-state index in [1.54, 1.807) is 13.0 Å². The zero-order valence-electron chi connectivity index (χ0n) is 28.2. The van der Waals surface area contributed by atoms with Gasteiger partial charge >= 0.3 is 23.5 Å². The number of nitrogen functional groups attached to an aromatic ring is 1. The molecule has 2 amide bonds. The number of aromatic nitrogens is 4. The van der Waals surface area contributed by atoms with Crippen molar-refractivity contribution in [2.45, 2.75) is 57.8 Å². The van der Waals surface area contributed by atoms with Crippen molar-refractivity contribution in [1.82, 2.24) is 30.2 Å². The number of fused-ring (bicyclic) bond motifs is 1. The summed E-state index contributed by atoms with van der Waals surface area (Å²) in [6, 6.07) is 0. The van der Waals surface area contributed by atoms with Gasteiger partial charge in [0.2, 0.25) is 16.9 Å². The molecule has 1 aliphatic rings. The molecule has 7 atom stereocenters. The van der Waals surface area contributed by atoms with Crippen LogP contribution in [0.1, 0.15) is 33.4 Å². The zero-order chi connectivity index (χ0) is 39.8. The molecule has 0 saturated carbocycles. The summed E-state index contributed by atoms with van der Waals surface area (Å²) < 4.78 is 61.9. The maximum absolute atomic E-state index is 12.6. The number of phosphoric ester groups is 3. The lowest BCUT2D eigenvalue weighted by atomic mass is 9.87. The van der Waals surface area contributed by atoms with Crippen molar-refractivity contribution in [3.63, 3.8) is 0 Å². The van der Waals surface area contributed by atoms with E-state index in [1.165, 1.54) is 19.9 Å². The minimum absolute atomic E-state index is 0.0300. The number of ether oxygens (including phenoxy) is 1. The van der Waals surface area contributed by atoms with Crippen LogP contribution in [0.3, 0.4) is 0 Å². The fourth-order valence-electron chi connectivity index (χ4n) is 4.47. The number of nitrogens with zero attached hydrogens (tertiary/aromatic N) is 4. The summed E-state index contributed by atoms with van der Waals surface area (Å²) in [4.78, 5) is 86.7. The van der Waals surface area contributed by atoms with Crippen molar-refractivity contribution in [2.75, 3.05) is 37.8 Å². The number of aliphatic hydroxyl groups is 2. The van der Waals surface area contributed by atoms with Gasteiger partial charge in [0.15, 0.2) is 17.7 Å². The fraction of sp³-hybridized carbons (Fsp3) is 0.600. The number of hydrogen-bond donors (Lipinski definition) is 9. The summed E-state index contributed by atoms with van der Waals surface area (Å²) in [7, 11) is -16.4. The van der Waals surface area contributed by atoms with Crippen molar-refractivity contribution in [3.05, 3.63) is 24.8 Å². The Morgan fingerprint density at radius 2 is 1.77 bits per heavy atom. The topological polar surface area (TPSA) is 364 Å². The number of carbonyl (C=O) groups excluding carboxylic acids is 3. The van der Waals surface area contributed by atoms with Gasteiger partial charge in [0, 0.05) is 30.7 Å². The second-order valence-corrected chi connectivity index (χ2v) is 17.1. The minimum Gasteiger partial charge on any atom is -0.386 e. The molecule has 2 aromatic heterocycles. The normalized spacial score (nSPS) is 22.4. The molecule has 0 radical (unpaired) electrons. The first-order chi connectivity index (χ1) is 24.6. The predicted octanol–water partition coefficient (Wildman–Crippen LogP) is -0.759. The Kier molecular flexibility index (Phi) is 15.8. The molecule has 24 nitrogen and oxygen atoms in total. The number of nitrogens with two attached hydrogens (primary N) is 1. The van der Waals surface area contributed by atoms with Crippen LogP contribution in [0.4, 0.5) is 5.82 Å². The summed E-state index contributed by atoms with van der Waals surface area (Å²) in [6.45, 7) is 2.17. The second-order valence-electron chi connectivity index (χ2n) is 11.7. The maximum Gasteiger partial charge on any atom is 0.481 e. The number of nitrogens with one attached hydrogen (secondary N) is 2. The third-order valence-corrected chi connectivity index (χ3v) is 11.0. The van der Waals surface area contributed by atoms with Crippen LogP contribution >= 0.6 is 35.2 Å². The highest BCUT2D eigenvalue weighted by Gasteiger charge is 2.50. The number of aliphatic hydroxyl groups excluding tert-OH is 2. The van der Waals surface area contributed by atoms with Gasteiger partial charge in [0.25, 0.3) is 0 Å². The maximum atomic E-state index is 12.6. The molecule has 0 aliphatic carbocycles. The van der Waals surface area contributed by atoms with Crippen molar-refractivity contribution >= 4 is 69.1 Å². The monoisotopic (exact) mass is 835 g/mol. The molecule has 1 aliphatic heterocycles. The number of hydrogen-bond acceptors (Lipinski definition) is 18. The quantitative estimate of drug-likeness (QED) is 0.0449. The van der Waals surface area contributed by atoms with Crippen molar-refractivity contribution in [1.29, 1.82) is 0 Å². The Balaban J connectivity index is 1.52. The van der Waals surface area contributed by atoms with Crippen LogP contribution in [0.25, 0.3) is 11.2 Å². The zero-order valence-corrected chi connectivity index (χ0v) is 31.7. The molecule has 298 valence electrons. The molecule has 0 aromatic carbocycles. The van der Waals surface area contributed by atoms with E-state index in [-0.39, 0.29) is 41.6 Å². The predicted molar refractivity (Wildman–Crippen MR) is 182 cm³/mol. The summed E-state index contributed by atoms with van der Waals surface area (Å²) in [5.41, 5.74) is 4.26. The van der Waals surface area contributed by atoms with Crippen LogP contribution in [-0.4, -0.2) is 123 Å². The van der Waals surface area contributed by atoms with Crippen LogP contribution in [0.15, 0.2) is 24.8 Å². The smallest absolute Gasteiger partial charge is 0.386 e. The number of anilines is 1. The Morgan fingerprint density at radius 3 is 2.43 bits per heavy atom.